The maximum atomic E-state index is 12.1. The standard InChI is InChI=1S/C18H25ClN2O4/c1-3-4-25-17-6-15(19)12(5-16(17)23-2)7-21-8-13-10-24-11-14(9-21)20-18(13)22/h5-6,13-14H,3-4,7-11H2,1-2H3,(H,20,22)/t13-,14+/m1/s1. The van der Waals surface area contributed by atoms with Crippen molar-refractivity contribution in [2.24, 2.45) is 5.92 Å². The van der Waals surface area contributed by atoms with Gasteiger partial charge < -0.3 is 19.5 Å². The molecule has 2 atom stereocenters. The van der Waals surface area contributed by atoms with E-state index in [9.17, 15) is 4.79 Å². The van der Waals surface area contributed by atoms with Gasteiger partial charge in [0.05, 0.1) is 38.9 Å². The van der Waals surface area contributed by atoms with Gasteiger partial charge in [-0.2, -0.15) is 0 Å². The Balaban J connectivity index is 1.77. The van der Waals surface area contributed by atoms with Gasteiger partial charge in [0.25, 0.3) is 0 Å². The molecule has 7 heteroatoms. The van der Waals surface area contributed by atoms with E-state index in [1.165, 1.54) is 0 Å². The Morgan fingerprint density at radius 2 is 2.16 bits per heavy atom. The second kappa shape index (κ2) is 8.25. The van der Waals surface area contributed by atoms with Gasteiger partial charge in [0, 0.05) is 30.7 Å². The van der Waals surface area contributed by atoms with Crippen molar-refractivity contribution in [2.75, 3.05) is 40.0 Å². The Hall–Kier alpha value is -1.50. The minimum atomic E-state index is -0.139. The first-order valence-electron chi connectivity index (χ1n) is 8.70. The highest BCUT2D eigenvalue weighted by molar-refractivity contribution is 6.31. The predicted molar refractivity (Wildman–Crippen MR) is 95.3 cm³/mol. The van der Waals surface area contributed by atoms with Gasteiger partial charge in [0.15, 0.2) is 11.5 Å². The van der Waals surface area contributed by atoms with Crippen molar-refractivity contribution < 1.29 is 19.0 Å². The number of rotatable bonds is 6. The van der Waals surface area contributed by atoms with Crippen molar-refractivity contribution in [1.82, 2.24) is 10.2 Å². The zero-order valence-electron chi connectivity index (χ0n) is 14.7. The number of methoxy groups -OCH3 is 1. The maximum Gasteiger partial charge on any atom is 0.227 e. The van der Waals surface area contributed by atoms with Crippen LogP contribution in [0.1, 0.15) is 18.9 Å². The lowest BCUT2D eigenvalue weighted by atomic mass is 10.1. The van der Waals surface area contributed by atoms with Crippen molar-refractivity contribution in [3.05, 3.63) is 22.7 Å². The summed E-state index contributed by atoms with van der Waals surface area (Å²) in [4.78, 5) is 14.4. The van der Waals surface area contributed by atoms with Crippen molar-refractivity contribution in [2.45, 2.75) is 25.9 Å². The van der Waals surface area contributed by atoms with Crippen molar-refractivity contribution >= 4 is 17.5 Å². The third kappa shape index (κ3) is 4.37. The summed E-state index contributed by atoms with van der Waals surface area (Å²) in [6, 6.07) is 3.77. The SMILES string of the molecule is CCCOc1cc(Cl)c(CN2C[C@H]3COC[C@@H](C2)C(=O)N3)cc1OC. The van der Waals surface area contributed by atoms with Crippen LogP contribution in [-0.2, 0) is 16.1 Å². The van der Waals surface area contributed by atoms with Gasteiger partial charge in [-0.05, 0) is 18.1 Å². The molecule has 1 N–H and O–H groups in total. The molecular weight excluding hydrogens is 344 g/mol. The van der Waals surface area contributed by atoms with Crippen LogP contribution in [0.4, 0.5) is 0 Å². The van der Waals surface area contributed by atoms with E-state index in [-0.39, 0.29) is 17.9 Å². The van der Waals surface area contributed by atoms with Crippen LogP contribution in [-0.4, -0.2) is 56.9 Å². The molecule has 0 aliphatic carbocycles. The monoisotopic (exact) mass is 368 g/mol. The van der Waals surface area contributed by atoms with Crippen molar-refractivity contribution in [3.8, 4) is 11.5 Å². The second-order valence-electron chi connectivity index (χ2n) is 6.58. The average molecular weight is 369 g/mol. The van der Waals surface area contributed by atoms with Crippen molar-refractivity contribution in [1.29, 1.82) is 0 Å². The zero-order valence-corrected chi connectivity index (χ0v) is 15.5. The maximum absolute atomic E-state index is 12.1. The number of nitrogens with zero attached hydrogens (tertiary/aromatic N) is 1. The van der Waals surface area contributed by atoms with Gasteiger partial charge in [-0.1, -0.05) is 18.5 Å². The highest BCUT2D eigenvalue weighted by atomic mass is 35.5. The Morgan fingerprint density at radius 3 is 2.92 bits per heavy atom. The first-order valence-corrected chi connectivity index (χ1v) is 9.08. The molecular formula is C18H25ClN2O4. The fourth-order valence-electron chi connectivity index (χ4n) is 3.27. The second-order valence-corrected chi connectivity index (χ2v) is 6.98. The summed E-state index contributed by atoms with van der Waals surface area (Å²) >= 11 is 6.48. The molecule has 0 spiro atoms. The van der Waals surface area contributed by atoms with E-state index in [4.69, 9.17) is 25.8 Å². The Morgan fingerprint density at radius 1 is 1.32 bits per heavy atom. The molecule has 138 valence electrons. The van der Waals surface area contributed by atoms with E-state index in [1.807, 2.05) is 12.1 Å². The van der Waals surface area contributed by atoms with E-state index in [0.717, 1.165) is 18.5 Å². The summed E-state index contributed by atoms with van der Waals surface area (Å²) < 4.78 is 16.7. The van der Waals surface area contributed by atoms with Crippen LogP contribution < -0.4 is 14.8 Å². The molecule has 0 aromatic heterocycles. The van der Waals surface area contributed by atoms with Gasteiger partial charge in [0.2, 0.25) is 5.91 Å². The van der Waals surface area contributed by atoms with Crippen LogP contribution in [0.2, 0.25) is 5.02 Å². The number of carbonyl (C=O) groups is 1. The molecule has 3 rings (SSSR count). The smallest absolute Gasteiger partial charge is 0.227 e. The van der Waals surface area contributed by atoms with E-state index in [1.54, 1.807) is 7.11 Å². The third-order valence-corrected chi connectivity index (χ3v) is 4.85. The van der Waals surface area contributed by atoms with Gasteiger partial charge >= 0.3 is 0 Å². The van der Waals surface area contributed by atoms with Gasteiger partial charge in [0.1, 0.15) is 0 Å². The molecule has 2 aliphatic heterocycles. The lowest BCUT2D eigenvalue weighted by Crippen LogP contribution is -2.41. The highest BCUT2D eigenvalue weighted by Crippen LogP contribution is 2.34. The van der Waals surface area contributed by atoms with E-state index in [2.05, 4.69) is 17.1 Å². The van der Waals surface area contributed by atoms with Gasteiger partial charge in [-0.3, -0.25) is 9.69 Å². The fraction of sp³-hybridized carbons (Fsp3) is 0.611. The summed E-state index contributed by atoms with van der Waals surface area (Å²) in [5.74, 6) is 1.29. The molecule has 1 aromatic rings. The molecule has 1 aromatic carbocycles. The topological polar surface area (TPSA) is 60.0 Å². The van der Waals surface area contributed by atoms with Crippen LogP contribution in [0.15, 0.2) is 12.1 Å². The van der Waals surface area contributed by atoms with E-state index >= 15 is 0 Å². The number of halogens is 1. The van der Waals surface area contributed by atoms with E-state index in [0.29, 0.717) is 49.4 Å². The average Bonchev–Trinajstić information content (AvgIpc) is 2.83. The number of fused-ring (bicyclic) bond motifs is 3. The number of amides is 1. The number of nitrogens with one attached hydrogen (secondary N) is 1. The number of carbonyl (C=O) groups excluding carboxylic acids is 1. The summed E-state index contributed by atoms with van der Waals surface area (Å²) in [6.07, 6.45) is 0.919. The lowest BCUT2D eigenvalue weighted by molar-refractivity contribution is -0.125. The molecule has 2 saturated heterocycles. The largest absolute Gasteiger partial charge is 0.493 e. The molecule has 25 heavy (non-hydrogen) atoms. The van der Waals surface area contributed by atoms with Crippen LogP contribution in [0.3, 0.4) is 0 Å². The molecule has 2 fully saturated rings. The minimum Gasteiger partial charge on any atom is -0.493 e. The Kier molecular flexibility index (Phi) is 6.04. The van der Waals surface area contributed by atoms with E-state index < -0.39 is 0 Å². The molecule has 0 radical (unpaired) electrons. The van der Waals surface area contributed by atoms with Crippen LogP contribution >= 0.6 is 11.6 Å². The normalized spacial score (nSPS) is 23.7. The van der Waals surface area contributed by atoms with Gasteiger partial charge in [-0.15, -0.1) is 0 Å². The predicted octanol–water partition coefficient (Wildman–Crippen LogP) is 2.08. The summed E-state index contributed by atoms with van der Waals surface area (Å²) in [5, 5.41) is 3.69. The summed E-state index contributed by atoms with van der Waals surface area (Å²) in [5.41, 5.74) is 0.968. The number of benzene rings is 1. The number of hydrogen-bond donors (Lipinski definition) is 1. The number of hydrogen-bond acceptors (Lipinski definition) is 5. The highest BCUT2D eigenvalue weighted by Gasteiger charge is 2.33. The first-order chi connectivity index (χ1) is 12.1. The van der Waals surface area contributed by atoms with Gasteiger partial charge in [-0.25, -0.2) is 0 Å². The van der Waals surface area contributed by atoms with Crippen LogP contribution in [0.25, 0.3) is 0 Å². The fourth-order valence-corrected chi connectivity index (χ4v) is 3.49. The molecule has 0 saturated carbocycles. The third-order valence-electron chi connectivity index (χ3n) is 4.50. The Bertz CT molecular complexity index is 625. The molecule has 2 aliphatic rings. The van der Waals surface area contributed by atoms with Crippen molar-refractivity contribution in [3.63, 3.8) is 0 Å². The quantitative estimate of drug-likeness (QED) is 0.833. The first kappa shape index (κ1) is 18.3. The summed E-state index contributed by atoms with van der Waals surface area (Å²) in [6.45, 7) is 5.77. The van der Waals surface area contributed by atoms with Crippen LogP contribution in [0.5, 0.6) is 11.5 Å². The lowest BCUT2D eigenvalue weighted by Gasteiger charge is -2.28. The minimum absolute atomic E-state index is 0.0211. The Labute approximate surface area is 153 Å². The zero-order chi connectivity index (χ0) is 17.8. The molecule has 1 amide bonds. The van der Waals surface area contributed by atoms with Crippen LogP contribution in [0, 0.1) is 5.92 Å². The summed E-state index contributed by atoms with van der Waals surface area (Å²) in [7, 11) is 1.63. The molecule has 2 bridgehead atoms. The number of ether oxygens (including phenoxy) is 3. The molecule has 0 unspecified atom stereocenters. The molecule has 2 heterocycles. The molecule has 6 nitrogen and oxygen atoms in total.